The average Bonchev–Trinajstić information content (AvgIpc) is 2.80. The second-order valence-electron chi connectivity index (χ2n) is 4.62. The Bertz CT molecular complexity index is 370. The van der Waals surface area contributed by atoms with Crippen molar-refractivity contribution < 1.29 is 9.21 Å². The zero-order valence-electron chi connectivity index (χ0n) is 10.4. The first-order valence-electron chi connectivity index (χ1n) is 6.55. The molecule has 0 amide bonds. The molecular formula is C14H20O2S. The molecule has 0 spiro atoms. The molecule has 2 heterocycles. The van der Waals surface area contributed by atoms with Crippen LogP contribution < -0.4 is 0 Å². The van der Waals surface area contributed by atoms with Crippen molar-refractivity contribution in [2.75, 3.05) is 0 Å². The van der Waals surface area contributed by atoms with E-state index >= 15 is 0 Å². The molecule has 0 radical (unpaired) electrons. The van der Waals surface area contributed by atoms with Gasteiger partial charge in [-0.1, -0.05) is 39.0 Å². The lowest BCUT2D eigenvalue weighted by atomic mass is 10.0. The van der Waals surface area contributed by atoms with Crippen LogP contribution in [0.1, 0.15) is 61.6 Å². The Morgan fingerprint density at radius 1 is 1.35 bits per heavy atom. The van der Waals surface area contributed by atoms with Crippen molar-refractivity contribution in [2.24, 2.45) is 0 Å². The maximum absolute atomic E-state index is 12.1. The van der Waals surface area contributed by atoms with Gasteiger partial charge in [0, 0.05) is 0 Å². The summed E-state index contributed by atoms with van der Waals surface area (Å²) in [7, 11) is 0. The van der Waals surface area contributed by atoms with Gasteiger partial charge < -0.3 is 4.42 Å². The topological polar surface area (TPSA) is 30.2 Å². The molecule has 1 aromatic rings. The summed E-state index contributed by atoms with van der Waals surface area (Å²) < 4.78 is 5.29. The van der Waals surface area contributed by atoms with E-state index in [0.29, 0.717) is 0 Å². The lowest BCUT2D eigenvalue weighted by Gasteiger charge is -2.19. The number of ketones is 1. The van der Waals surface area contributed by atoms with Gasteiger partial charge in [-0.05, 0) is 12.5 Å². The fraction of sp³-hybridized carbons (Fsp3) is 0.643. The number of carbonyl (C=O) groups is 1. The Morgan fingerprint density at radius 2 is 2.18 bits per heavy atom. The van der Waals surface area contributed by atoms with Gasteiger partial charge in [0.1, 0.15) is 5.76 Å². The van der Waals surface area contributed by atoms with E-state index in [-0.39, 0.29) is 11.0 Å². The Balaban J connectivity index is 1.78. The lowest BCUT2D eigenvalue weighted by Crippen LogP contribution is -2.22. The number of fused-ring (bicyclic) bond motifs is 1. The van der Waals surface area contributed by atoms with Crippen molar-refractivity contribution in [2.45, 2.75) is 56.5 Å². The van der Waals surface area contributed by atoms with Gasteiger partial charge >= 0.3 is 0 Å². The van der Waals surface area contributed by atoms with Crippen LogP contribution in [0.25, 0.3) is 0 Å². The molecule has 3 heteroatoms. The number of carbonyl (C=O) groups excluding carboxylic acids is 1. The van der Waals surface area contributed by atoms with E-state index in [1.54, 1.807) is 18.0 Å². The van der Waals surface area contributed by atoms with E-state index in [1.165, 1.54) is 32.1 Å². The molecule has 17 heavy (non-hydrogen) atoms. The zero-order chi connectivity index (χ0) is 12.1. The van der Waals surface area contributed by atoms with Crippen LogP contribution in [-0.2, 0) is 5.75 Å². The standard InChI is InChI=1S/C14H20O2S/c1-2-3-4-5-6-7-13-14(15)11-8-9-16-12(11)10-17-13/h8-9,13H,2-7,10H2,1H3. The van der Waals surface area contributed by atoms with Crippen LogP contribution in [0.2, 0.25) is 0 Å². The summed E-state index contributed by atoms with van der Waals surface area (Å²) in [5, 5.41) is 0.168. The minimum atomic E-state index is 0.168. The van der Waals surface area contributed by atoms with Crippen LogP contribution in [0.3, 0.4) is 0 Å². The third-order valence-electron chi connectivity index (χ3n) is 3.29. The van der Waals surface area contributed by atoms with Crippen molar-refractivity contribution in [3.05, 3.63) is 23.7 Å². The first-order chi connectivity index (χ1) is 8.33. The van der Waals surface area contributed by atoms with E-state index in [9.17, 15) is 4.79 Å². The van der Waals surface area contributed by atoms with Gasteiger partial charge in [-0.3, -0.25) is 4.79 Å². The van der Waals surface area contributed by atoms with Crippen molar-refractivity contribution in [3.63, 3.8) is 0 Å². The lowest BCUT2D eigenvalue weighted by molar-refractivity contribution is 0.0982. The zero-order valence-corrected chi connectivity index (χ0v) is 11.2. The van der Waals surface area contributed by atoms with Crippen LogP contribution in [0, 0.1) is 0 Å². The first-order valence-corrected chi connectivity index (χ1v) is 7.60. The third kappa shape index (κ3) is 3.15. The maximum atomic E-state index is 12.1. The van der Waals surface area contributed by atoms with Gasteiger partial charge in [0.2, 0.25) is 0 Å². The fourth-order valence-electron chi connectivity index (χ4n) is 2.25. The Morgan fingerprint density at radius 3 is 3.00 bits per heavy atom. The predicted molar refractivity (Wildman–Crippen MR) is 71.5 cm³/mol. The fourth-order valence-corrected chi connectivity index (χ4v) is 3.43. The van der Waals surface area contributed by atoms with E-state index in [4.69, 9.17) is 4.42 Å². The number of thioether (sulfide) groups is 1. The quantitative estimate of drug-likeness (QED) is 0.701. The smallest absolute Gasteiger partial charge is 0.179 e. The van der Waals surface area contributed by atoms with Crippen molar-refractivity contribution in [1.82, 2.24) is 0 Å². The largest absolute Gasteiger partial charge is 0.468 e. The SMILES string of the molecule is CCCCCCCC1SCc2occc2C1=O. The predicted octanol–water partition coefficient (Wildman–Crippen LogP) is 4.44. The molecule has 1 aliphatic heterocycles. The summed E-state index contributed by atoms with van der Waals surface area (Å²) in [5.74, 6) is 2.00. The Kier molecular flexibility index (Phi) is 4.72. The number of Topliss-reactive ketones (excluding diaryl/α,β-unsaturated/α-hetero) is 1. The number of furan rings is 1. The van der Waals surface area contributed by atoms with E-state index in [0.717, 1.165) is 23.5 Å². The van der Waals surface area contributed by atoms with Crippen LogP contribution in [-0.4, -0.2) is 11.0 Å². The second kappa shape index (κ2) is 6.29. The number of rotatable bonds is 6. The molecular weight excluding hydrogens is 232 g/mol. The van der Waals surface area contributed by atoms with Crippen molar-refractivity contribution in [1.29, 1.82) is 0 Å². The summed E-state index contributed by atoms with van der Waals surface area (Å²) in [6.07, 6.45) is 8.99. The molecule has 0 aliphatic carbocycles. The van der Waals surface area contributed by atoms with Gasteiger partial charge in [0.05, 0.1) is 22.8 Å². The van der Waals surface area contributed by atoms with E-state index in [2.05, 4.69) is 6.92 Å². The highest BCUT2D eigenvalue weighted by Crippen LogP contribution is 2.33. The maximum Gasteiger partial charge on any atom is 0.179 e. The molecule has 1 atom stereocenters. The molecule has 0 aromatic carbocycles. The number of unbranched alkanes of at least 4 members (excludes halogenated alkanes) is 4. The van der Waals surface area contributed by atoms with Crippen LogP contribution >= 0.6 is 11.8 Å². The summed E-state index contributed by atoms with van der Waals surface area (Å²) in [6, 6.07) is 1.82. The molecule has 1 aromatic heterocycles. The average molecular weight is 252 g/mol. The molecule has 0 saturated heterocycles. The highest BCUT2D eigenvalue weighted by molar-refractivity contribution is 8.00. The van der Waals surface area contributed by atoms with Gasteiger partial charge in [-0.25, -0.2) is 0 Å². The van der Waals surface area contributed by atoms with Gasteiger partial charge in [0.25, 0.3) is 0 Å². The molecule has 94 valence electrons. The van der Waals surface area contributed by atoms with Gasteiger partial charge in [-0.2, -0.15) is 0 Å². The van der Waals surface area contributed by atoms with Crippen LogP contribution in [0.4, 0.5) is 0 Å². The van der Waals surface area contributed by atoms with Gasteiger partial charge in [-0.15, -0.1) is 11.8 Å². The number of hydrogen-bond acceptors (Lipinski definition) is 3. The minimum Gasteiger partial charge on any atom is -0.468 e. The highest BCUT2D eigenvalue weighted by atomic mass is 32.2. The minimum absolute atomic E-state index is 0.168. The van der Waals surface area contributed by atoms with E-state index in [1.807, 2.05) is 6.07 Å². The molecule has 0 bridgehead atoms. The molecule has 0 fully saturated rings. The van der Waals surface area contributed by atoms with E-state index < -0.39 is 0 Å². The van der Waals surface area contributed by atoms with Crippen LogP contribution in [0.15, 0.2) is 16.7 Å². The van der Waals surface area contributed by atoms with Crippen LogP contribution in [0.5, 0.6) is 0 Å². The monoisotopic (exact) mass is 252 g/mol. The normalized spacial score (nSPS) is 19.4. The summed E-state index contributed by atoms with van der Waals surface area (Å²) in [5.41, 5.74) is 0.822. The summed E-state index contributed by atoms with van der Waals surface area (Å²) >= 11 is 1.74. The summed E-state index contributed by atoms with van der Waals surface area (Å²) in [6.45, 7) is 2.22. The summed E-state index contributed by atoms with van der Waals surface area (Å²) in [4.78, 5) is 12.1. The molecule has 0 saturated carbocycles. The van der Waals surface area contributed by atoms with Crippen molar-refractivity contribution in [3.8, 4) is 0 Å². The Hall–Kier alpha value is -0.700. The molecule has 1 aliphatic rings. The Labute approximate surface area is 107 Å². The second-order valence-corrected chi connectivity index (χ2v) is 5.82. The molecule has 1 unspecified atom stereocenters. The molecule has 0 N–H and O–H groups in total. The molecule has 2 nitrogen and oxygen atoms in total. The number of hydrogen-bond donors (Lipinski definition) is 0. The molecule has 2 rings (SSSR count). The van der Waals surface area contributed by atoms with Crippen molar-refractivity contribution >= 4 is 17.5 Å². The third-order valence-corrected chi connectivity index (χ3v) is 4.57. The van der Waals surface area contributed by atoms with Gasteiger partial charge in [0.15, 0.2) is 5.78 Å². The highest BCUT2D eigenvalue weighted by Gasteiger charge is 2.29. The first kappa shape index (κ1) is 12.7.